The average molecular weight is 404 g/mol. The van der Waals surface area contributed by atoms with Crippen LogP contribution in [0.1, 0.15) is 41.6 Å². The van der Waals surface area contributed by atoms with E-state index >= 15 is 0 Å². The summed E-state index contributed by atoms with van der Waals surface area (Å²) in [6.07, 6.45) is 7.08. The standard InChI is InChI=1S/C20H25N5O2.ClH/c26-18(24-17-5-6-17)16-4-1-3-15(13-16)14-22-19(27)20(7-10-21-11-8-20)25-12-2-9-23-25;/h1-4,9,12-13,17,21H,5-8,10-11,14H2,(H,22,27)(H,24,26);1H. The van der Waals surface area contributed by atoms with E-state index in [1.165, 1.54) is 0 Å². The number of piperidine rings is 1. The van der Waals surface area contributed by atoms with Gasteiger partial charge in [-0.2, -0.15) is 5.10 Å². The van der Waals surface area contributed by atoms with Crippen molar-refractivity contribution in [1.82, 2.24) is 25.7 Å². The number of benzene rings is 1. The van der Waals surface area contributed by atoms with Crippen LogP contribution in [0.3, 0.4) is 0 Å². The van der Waals surface area contributed by atoms with Crippen LogP contribution in [0.15, 0.2) is 42.7 Å². The minimum atomic E-state index is -0.657. The number of carbonyl (C=O) groups is 2. The molecule has 8 heteroatoms. The second-order valence-corrected chi connectivity index (χ2v) is 7.36. The molecule has 2 fully saturated rings. The Labute approximate surface area is 170 Å². The van der Waals surface area contributed by atoms with E-state index in [1.807, 2.05) is 30.5 Å². The molecule has 2 aliphatic rings. The van der Waals surface area contributed by atoms with Gasteiger partial charge in [-0.25, -0.2) is 0 Å². The monoisotopic (exact) mass is 403 g/mol. The minimum Gasteiger partial charge on any atom is -0.350 e. The van der Waals surface area contributed by atoms with Crippen LogP contribution >= 0.6 is 12.4 Å². The number of nitrogens with zero attached hydrogens (tertiary/aromatic N) is 2. The first-order valence-electron chi connectivity index (χ1n) is 9.56. The molecule has 2 aromatic rings. The summed E-state index contributed by atoms with van der Waals surface area (Å²) >= 11 is 0. The van der Waals surface area contributed by atoms with Crippen molar-refractivity contribution in [2.45, 2.75) is 43.8 Å². The molecule has 3 N–H and O–H groups in total. The van der Waals surface area contributed by atoms with Gasteiger partial charge in [0.15, 0.2) is 0 Å². The lowest BCUT2D eigenvalue weighted by molar-refractivity contribution is -0.132. The molecule has 1 saturated carbocycles. The fourth-order valence-electron chi connectivity index (χ4n) is 3.59. The highest BCUT2D eigenvalue weighted by atomic mass is 35.5. The molecule has 1 aliphatic carbocycles. The summed E-state index contributed by atoms with van der Waals surface area (Å²) in [7, 11) is 0. The maximum absolute atomic E-state index is 13.1. The lowest BCUT2D eigenvalue weighted by atomic mass is 9.87. The quantitative estimate of drug-likeness (QED) is 0.683. The summed E-state index contributed by atoms with van der Waals surface area (Å²) in [5, 5.41) is 13.7. The van der Waals surface area contributed by atoms with Crippen LogP contribution in [0.4, 0.5) is 0 Å². The van der Waals surface area contributed by atoms with E-state index < -0.39 is 5.54 Å². The molecule has 1 aromatic heterocycles. The van der Waals surface area contributed by atoms with Gasteiger partial charge < -0.3 is 16.0 Å². The molecule has 2 heterocycles. The van der Waals surface area contributed by atoms with Gasteiger partial charge >= 0.3 is 0 Å². The van der Waals surface area contributed by atoms with Crippen molar-refractivity contribution in [3.63, 3.8) is 0 Å². The molecular formula is C20H26ClN5O2. The third-order valence-corrected chi connectivity index (χ3v) is 5.35. The van der Waals surface area contributed by atoms with Crippen LogP contribution < -0.4 is 16.0 Å². The van der Waals surface area contributed by atoms with E-state index in [-0.39, 0.29) is 24.2 Å². The fourth-order valence-corrected chi connectivity index (χ4v) is 3.59. The van der Waals surface area contributed by atoms with Crippen molar-refractivity contribution in [2.24, 2.45) is 0 Å². The number of hydrogen-bond donors (Lipinski definition) is 3. The second kappa shape index (κ2) is 8.75. The Morgan fingerprint density at radius 1 is 1.21 bits per heavy atom. The van der Waals surface area contributed by atoms with Gasteiger partial charge in [-0.15, -0.1) is 12.4 Å². The molecule has 1 aromatic carbocycles. The van der Waals surface area contributed by atoms with Crippen molar-refractivity contribution < 1.29 is 9.59 Å². The summed E-state index contributed by atoms with van der Waals surface area (Å²) in [4.78, 5) is 25.3. The molecule has 1 aliphatic heterocycles. The van der Waals surface area contributed by atoms with E-state index in [4.69, 9.17) is 0 Å². The summed E-state index contributed by atoms with van der Waals surface area (Å²) in [5.74, 6) is -0.0717. The third-order valence-electron chi connectivity index (χ3n) is 5.35. The molecule has 150 valence electrons. The third kappa shape index (κ3) is 4.36. The topological polar surface area (TPSA) is 88.1 Å². The van der Waals surface area contributed by atoms with Crippen molar-refractivity contribution in [3.8, 4) is 0 Å². The lowest BCUT2D eigenvalue weighted by Gasteiger charge is -2.36. The van der Waals surface area contributed by atoms with Crippen molar-refractivity contribution in [1.29, 1.82) is 0 Å². The second-order valence-electron chi connectivity index (χ2n) is 7.36. The van der Waals surface area contributed by atoms with Crippen molar-refractivity contribution in [3.05, 3.63) is 53.9 Å². The maximum Gasteiger partial charge on any atom is 0.251 e. The zero-order valence-corrected chi connectivity index (χ0v) is 16.5. The predicted molar refractivity (Wildman–Crippen MR) is 108 cm³/mol. The smallest absolute Gasteiger partial charge is 0.251 e. The number of carbonyl (C=O) groups excluding carboxylic acids is 2. The number of rotatable bonds is 6. The Bertz CT molecular complexity index is 814. The van der Waals surface area contributed by atoms with Crippen LogP contribution in [0, 0.1) is 0 Å². The van der Waals surface area contributed by atoms with E-state index in [0.717, 1.165) is 31.5 Å². The van der Waals surface area contributed by atoms with Gasteiger partial charge in [0.1, 0.15) is 5.54 Å². The summed E-state index contributed by atoms with van der Waals surface area (Å²) < 4.78 is 1.78. The van der Waals surface area contributed by atoms with E-state index in [0.29, 0.717) is 31.0 Å². The Kier molecular flexibility index (Phi) is 6.36. The minimum absolute atomic E-state index is 0. The van der Waals surface area contributed by atoms with Crippen molar-refractivity contribution >= 4 is 24.2 Å². The SMILES string of the molecule is Cl.O=C(NC1CC1)c1cccc(CNC(=O)C2(n3cccn3)CCNCC2)c1. The molecule has 0 spiro atoms. The van der Waals surface area contributed by atoms with Gasteiger partial charge in [0.25, 0.3) is 5.91 Å². The first-order chi connectivity index (χ1) is 13.2. The maximum atomic E-state index is 13.1. The highest BCUT2D eigenvalue weighted by molar-refractivity contribution is 5.94. The predicted octanol–water partition coefficient (Wildman–Crippen LogP) is 1.59. The van der Waals surface area contributed by atoms with Gasteiger partial charge in [0.2, 0.25) is 5.91 Å². The van der Waals surface area contributed by atoms with E-state index in [1.54, 1.807) is 16.9 Å². The van der Waals surface area contributed by atoms with Crippen LogP contribution in [-0.2, 0) is 16.9 Å². The molecular weight excluding hydrogens is 378 g/mol. The average Bonchev–Trinajstić information content (AvgIpc) is 3.34. The van der Waals surface area contributed by atoms with Gasteiger partial charge in [0, 0.05) is 30.5 Å². The van der Waals surface area contributed by atoms with Crippen LogP contribution in [0.2, 0.25) is 0 Å². The molecule has 28 heavy (non-hydrogen) atoms. The van der Waals surface area contributed by atoms with Crippen LogP contribution in [0.5, 0.6) is 0 Å². The van der Waals surface area contributed by atoms with Crippen molar-refractivity contribution in [2.75, 3.05) is 13.1 Å². The lowest BCUT2D eigenvalue weighted by Crippen LogP contribution is -2.54. The number of amides is 2. The van der Waals surface area contributed by atoms with Gasteiger partial charge in [-0.1, -0.05) is 12.1 Å². The number of halogens is 1. The fraction of sp³-hybridized carbons (Fsp3) is 0.450. The Morgan fingerprint density at radius 2 is 2.00 bits per heavy atom. The van der Waals surface area contributed by atoms with Gasteiger partial charge in [-0.05, 0) is 62.5 Å². The Morgan fingerprint density at radius 3 is 2.68 bits per heavy atom. The number of hydrogen-bond acceptors (Lipinski definition) is 4. The van der Waals surface area contributed by atoms with Gasteiger partial charge in [0.05, 0.1) is 0 Å². The van der Waals surface area contributed by atoms with Crippen LogP contribution in [0.25, 0.3) is 0 Å². The largest absolute Gasteiger partial charge is 0.350 e. The van der Waals surface area contributed by atoms with Gasteiger partial charge in [-0.3, -0.25) is 14.3 Å². The molecule has 2 amide bonds. The first-order valence-corrected chi connectivity index (χ1v) is 9.56. The van der Waals surface area contributed by atoms with Crippen LogP contribution in [-0.4, -0.2) is 40.7 Å². The molecule has 0 unspecified atom stereocenters. The molecule has 4 rings (SSSR count). The van der Waals surface area contributed by atoms with E-state index in [9.17, 15) is 9.59 Å². The highest BCUT2D eigenvalue weighted by Crippen LogP contribution is 2.27. The molecule has 7 nitrogen and oxygen atoms in total. The Balaban J connectivity index is 0.00000225. The zero-order valence-electron chi connectivity index (χ0n) is 15.7. The summed E-state index contributed by atoms with van der Waals surface area (Å²) in [6.45, 7) is 1.95. The first kappa shape index (κ1) is 20.4. The highest BCUT2D eigenvalue weighted by Gasteiger charge is 2.41. The number of nitrogens with one attached hydrogen (secondary N) is 3. The Hall–Kier alpha value is -2.38. The summed E-state index contributed by atoms with van der Waals surface area (Å²) in [6, 6.07) is 9.62. The number of aromatic nitrogens is 2. The molecule has 0 bridgehead atoms. The van der Waals surface area contributed by atoms with E-state index in [2.05, 4.69) is 21.0 Å². The molecule has 0 radical (unpaired) electrons. The summed E-state index contributed by atoms with van der Waals surface area (Å²) in [5.41, 5.74) is 0.893. The zero-order chi connectivity index (χ0) is 18.7. The molecule has 0 atom stereocenters. The molecule has 1 saturated heterocycles. The normalized spacial score (nSPS) is 18.0.